The van der Waals surface area contributed by atoms with Crippen molar-refractivity contribution in [1.82, 2.24) is 0 Å². The Morgan fingerprint density at radius 1 is 1.15 bits per heavy atom. The zero-order chi connectivity index (χ0) is 14.7. The summed E-state index contributed by atoms with van der Waals surface area (Å²) in [5.74, 6) is -1.18. The monoisotopic (exact) mass is 276 g/mol. The second-order valence-corrected chi connectivity index (χ2v) is 4.03. The molecule has 0 amide bonds. The van der Waals surface area contributed by atoms with Crippen LogP contribution in [0.1, 0.15) is 15.9 Å². The smallest absolute Gasteiger partial charge is 0.203 e. The van der Waals surface area contributed by atoms with E-state index < -0.39 is 11.6 Å². The van der Waals surface area contributed by atoms with Gasteiger partial charge in [-0.1, -0.05) is 12.1 Å². The van der Waals surface area contributed by atoms with Crippen molar-refractivity contribution in [3.63, 3.8) is 0 Å². The maximum atomic E-state index is 13.7. The van der Waals surface area contributed by atoms with Crippen LogP contribution >= 0.6 is 0 Å². The van der Waals surface area contributed by atoms with Crippen LogP contribution in [0.15, 0.2) is 36.4 Å². The molecule has 0 aliphatic heterocycles. The number of carbonyl (C=O) groups is 1. The van der Waals surface area contributed by atoms with Gasteiger partial charge in [0.1, 0.15) is 28.6 Å². The molecule has 0 spiro atoms. The first-order chi connectivity index (χ1) is 9.58. The van der Waals surface area contributed by atoms with Gasteiger partial charge in [-0.3, -0.25) is 4.79 Å². The number of methoxy groups -OCH3 is 2. The lowest BCUT2D eigenvalue weighted by Gasteiger charge is -2.12. The number of carbonyl (C=O) groups excluding carboxylic acids is 1. The van der Waals surface area contributed by atoms with Crippen molar-refractivity contribution in [3.8, 4) is 17.2 Å². The number of benzene rings is 2. The molecule has 104 valence electrons. The van der Waals surface area contributed by atoms with Crippen molar-refractivity contribution >= 4 is 5.78 Å². The molecule has 0 atom stereocenters. The summed E-state index contributed by atoms with van der Waals surface area (Å²) in [6.45, 7) is 0. The van der Waals surface area contributed by atoms with E-state index in [0.717, 1.165) is 0 Å². The number of rotatable bonds is 4. The molecule has 0 unspecified atom stereocenters. The van der Waals surface area contributed by atoms with Gasteiger partial charge in [0, 0.05) is 12.1 Å². The van der Waals surface area contributed by atoms with Crippen LogP contribution < -0.4 is 9.47 Å². The van der Waals surface area contributed by atoms with Crippen LogP contribution in [0.4, 0.5) is 4.39 Å². The minimum Gasteiger partial charge on any atom is -0.507 e. The third kappa shape index (κ3) is 2.42. The summed E-state index contributed by atoms with van der Waals surface area (Å²) >= 11 is 0. The van der Waals surface area contributed by atoms with Crippen LogP contribution in [0.3, 0.4) is 0 Å². The van der Waals surface area contributed by atoms with Gasteiger partial charge < -0.3 is 14.6 Å². The quantitative estimate of drug-likeness (QED) is 0.872. The molecule has 0 saturated heterocycles. The average Bonchev–Trinajstić information content (AvgIpc) is 2.46. The first-order valence-electron chi connectivity index (χ1n) is 5.82. The fourth-order valence-electron chi connectivity index (χ4n) is 1.86. The highest BCUT2D eigenvalue weighted by Crippen LogP contribution is 2.35. The Hall–Kier alpha value is -2.56. The molecule has 2 rings (SSSR count). The van der Waals surface area contributed by atoms with E-state index in [9.17, 15) is 14.3 Å². The lowest BCUT2D eigenvalue weighted by molar-refractivity contribution is 0.102. The van der Waals surface area contributed by atoms with Gasteiger partial charge in [0.05, 0.1) is 19.8 Å². The number of halogens is 1. The lowest BCUT2D eigenvalue weighted by Crippen LogP contribution is -2.07. The van der Waals surface area contributed by atoms with Gasteiger partial charge in [0.25, 0.3) is 0 Å². The molecule has 0 saturated carbocycles. The van der Waals surface area contributed by atoms with Crippen LogP contribution in [0.2, 0.25) is 0 Å². The fraction of sp³-hybridized carbons (Fsp3) is 0.133. The lowest BCUT2D eigenvalue weighted by atomic mass is 10.0. The van der Waals surface area contributed by atoms with Crippen LogP contribution in [0.5, 0.6) is 17.2 Å². The number of hydrogen-bond donors (Lipinski definition) is 1. The summed E-state index contributed by atoms with van der Waals surface area (Å²) in [5, 5.41) is 9.95. The first-order valence-corrected chi connectivity index (χ1v) is 5.82. The molecule has 0 aliphatic rings. The van der Waals surface area contributed by atoms with Crippen molar-refractivity contribution < 1.29 is 23.8 Å². The number of hydrogen-bond acceptors (Lipinski definition) is 4. The summed E-state index contributed by atoms with van der Waals surface area (Å²) in [6.07, 6.45) is 0. The van der Waals surface area contributed by atoms with Gasteiger partial charge in [0.2, 0.25) is 5.78 Å². The van der Waals surface area contributed by atoms with Gasteiger partial charge in [-0.15, -0.1) is 0 Å². The number of aromatic hydroxyl groups is 1. The zero-order valence-corrected chi connectivity index (χ0v) is 11.0. The van der Waals surface area contributed by atoms with E-state index in [-0.39, 0.29) is 22.6 Å². The summed E-state index contributed by atoms with van der Waals surface area (Å²) < 4.78 is 23.7. The van der Waals surface area contributed by atoms with Crippen LogP contribution in [-0.4, -0.2) is 25.1 Å². The molecular formula is C15H13FO4. The summed E-state index contributed by atoms with van der Waals surface area (Å²) in [4.78, 5) is 12.3. The second kappa shape index (κ2) is 5.61. The van der Waals surface area contributed by atoms with E-state index in [4.69, 9.17) is 9.47 Å². The van der Waals surface area contributed by atoms with Crippen molar-refractivity contribution in [2.75, 3.05) is 14.2 Å². The second-order valence-electron chi connectivity index (χ2n) is 4.03. The number of ether oxygens (including phenoxy) is 2. The van der Waals surface area contributed by atoms with E-state index in [1.54, 1.807) is 6.07 Å². The maximum absolute atomic E-state index is 13.7. The fourth-order valence-corrected chi connectivity index (χ4v) is 1.86. The van der Waals surface area contributed by atoms with Gasteiger partial charge in [-0.25, -0.2) is 4.39 Å². The SMILES string of the molecule is COc1cc(O)c(C(=O)c2ccccc2F)c(OC)c1. The highest BCUT2D eigenvalue weighted by Gasteiger charge is 2.22. The molecule has 20 heavy (non-hydrogen) atoms. The van der Waals surface area contributed by atoms with E-state index in [2.05, 4.69) is 0 Å². The standard InChI is InChI=1S/C15H13FO4/c1-19-9-7-12(17)14(13(8-9)20-2)15(18)10-5-3-4-6-11(10)16/h3-8,17H,1-2H3. The topological polar surface area (TPSA) is 55.8 Å². The third-order valence-electron chi connectivity index (χ3n) is 2.86. The van der Waals surface area contributed by atoms with Gasteiger partial charge >= 0.3 is 0 Å². The van der Waals surface area contributed by atoms with E-state index in [1.165, 1.54) is 44.6 Å². The molecule has 5 heteroatoms. The van der Waals surface area contributed by atoms with Gasteiger partial charge in [-0.05, 0) is 12.1 Å². The minimum absolute atomic E-state index is 0.0987. The molecular weight excluding hydrogens is 263 g/mol. The molecule has 0 heterocycles. The first kappa shape index (κ1) is 13.9. The Morgan fingerprint density at radius 2 is 1.85 bits per heavy atom. The number of phenols is 1. The van der Waals surface area contributed by atoms with E-state index >= 15 is 0 Å². The van der Waals surface area contributed by atoms with Crippen LogP contribution in [-0.2, 0) is 0 Å². The van der Waals surface area contributed by atoms with E-state index in [1.807, 2.05) is 0 Å². The Labute approximate surface area is 115 Å². The van der Waals surface area contributed by atoms with Crippen LogP contribution in [0, 0.1) is 5.82 Å². The van der Waals surface area contributed by atoms with Crippen molar-refractivity contribution in [2.45, 2.75) is 0 Å². The molecule has 2 aromatic carbocycles. The van der Waals surface area contributed by atoms with Crippen LogP contribution in [0.25, 0.3) is 0 Å². The number of phenolic OH excluding ortho intramolecular Hbond substituents is 1. The molecule has 0 aliphatic carbocycles. The summed E-state index contributed by atoms with van der Waals surface area (Å²) in [5.41, 5.74) is -0.232. The van der Waals surface area contributed by atoms with Crippen molar-refractivity contribution in [2.24, 2.45) is 0 Å². The predicted molar refractivity (Wildman–Crippen MR) is 71.0 cm³/mol. The zero-order valence-electron chi connectivity index (χ0n) is 11.0. The average molecular weight is 276 g/mol. The summed E-state index contributed by atoms with van der Waals surface area (Å²) in [7, 11) is 2.78. The summed E-state index contributed by atoms with van der Waals surface area (Å²) in [6, 6.07) is 8.28. The Balaban J connectivity index is 2.58. The molecule has 2 aromatic rings. The number of ketones is 1. The van der Waals surface area contributed by atoms with Gasteiger partial charge in [0.15, 0.2) is 0 Å². The molecule has 4 nitrogen and oxygen atoms in total. The highest BCUT2D eigenvalue weighted by molar-refractivity contribution is 6.12. The Morgan fingerprint density at radius 3 is 2.45 bits per heavy atom. The van der Waals surface area contributed by atoms with Gasteiger partial charge in [-0.2, -0.15) is 0 Å². The largest absolute Gasteiger partial charge is 0.507 e. The Bertz CT molecular complexity index is 652. The van der Waals surface area contributed by atoms with E-state index in [0.29, 0.717) is 5.75 Å². The highest BCUT2D eigenvalue weighted by atomic mass is 19.1. The molecule has 0 bridgehead atoms. The predicted octanol–water partition coefficient (Wildman–Crippen LogP) is 2.78. The Kier molecular flexibility index (Phi) is 3.89. The van der Waals surface area contributed by atoms with Crippen molar-refractivity contribution in [1.29, 1.82) is 0 Å². The van der Waals surface area contributed by atoms with Crippen molar-refractivity contribution in [3.05, 3.63) is 53.3 Å². The molecule has 0 fully saturated rings. The minimum atomic E-state index is -0.658. The molecule has 0 aromatic heterocycles. The molecule has 1 N–H and O–H groups in total. The normalized spacial score (nSPS) is 10.2. The third-order valence-corrected chi connectivity index (χ3v) is 2.86. The maximum Gasteiger partial charge on any atom is 0.203 e. The molecule has 0 radical (unpaired) electrons.